The van der Waals surface area contributed by atoms with Crippen molar-refractivity contribution in [2.24, 2.45) is 5.73 Å². The molecule has 2 aliphatic rings. The van der Waals surface area contributed by atoms with Crippen LogP contribution in [0.2, 0.25) is 0 Å². The van der Waals surface area contributed by atoms with Crippen LogP contribution in [-0.2, 0) is 0 Å². The van der Waals surface area contributed by atoms with Gasteiger partial charge in [-0.1, -0.05) is 12.1 Å². The van der Waals surface area contributed by atoms with Gasteiger partial charge in [-0.05, 0) is 43.2 Å². The van der Waals surface area contributed by atoms with Crippen LogP contribution in [0, 0.1) is 0 Å². The van der Waals surface area contributed by atoms with Crippen molar-refractivity contribution in [2.45, 2.75) is 43.9 Å². The predicted octanol–water partition coefficient (Wildman–Crippen LogP) is 1.75. The maximum atomic E-state index is 12.1. The number of aliphatic hydroxyl groups excluding tert-OH is 1. The van der Waals surface area contributed by atoms with Crippen LogP contribution in [0.5, 0.6) is 0 Å². The predicted molar refractivity (Wildman–Crippen MR) is 72.7 cm³/mol. The average Bonchev–Trinajstić information content (AvgIpc) is 2.65. The van der Waals surface area contributed by atoms with Gasteiger partial charge in [0.1, 0.15) is 6.17 Å². The molecule has 3 rings (SSSR count). The van der Waals surface area contributed by atoms with Gasteiger partial charge < -0.3 is 15.7 Å². The first kappa shape index (κ1) is 12.6. The molecule has 1 aliphatic carbocycles. The number of amides is 1. The molecular formula is C15H20N2O2. The van der Waals surface area contributed by atoms with Crippen molar-refractivity contribution < 1.29 is 9.90 Å². The van der Waals surface area contributed by atoms with E-state index in [1.54, 1.807) is 11.9 Å². The standard InChI is InChI=1S/C15H20N2O2/c1-17-14(16)13-11(3-2-4-12(13)15(17)19)9-5-7-10(18)8-6-9/h2-4,9-10,14,18H,5-8,16H2,1H3. The van der Waals surface area contributed by atoms with Gasteiger partial charge in [0, 0.05) is 18.2 Å². The first-order chi connectivity index (χ1) is 9.09. The highest BCUT2D eigenvalue weighted by atomic mass is 16.3. The van der Waals surface area contributed by atoms with Crippen LogP contribution in [0.4, 0.5) is 0 Å². The summed E-state index contributed by atoms with van der Waals surface area (Å²) in [5.41, 5.74) is 9.12. The zero-order valence-electron chi connectivity index (χ0n) is 11.2. The van der Waals surface area contributed by atoms with Crippen LogP contribution >= 0.6 is 0 Å². The minimum atomic E-state index is -0.328. The number of hydrogen-bond acceptors (Lipinski definition) is 3. The third-order valence-corrected chi connectivity index (χ3v) is 4.54. The molecule has 0 radical (unpaired) electrons. The molecule has 3 N–H and O–H groups in total. The van der Waals surface area contributed by atoms with Crippen molar-refractivity contribution in [2.75, 3.05) is 7.05 Å². The molecule has 0 saturated heterocycles. The molecule has 1 atom stereocenters. The Labute approximate surface area is 113 Å². The zero-order chi connectivity index (χ0) is 13.6. The minimum Gasteiger partial charge on any atom is -0.393 e. The molecule has 1 aromatic carbocycles. The van der Waals surface area contributed by atoms with Crippen molar-refractivity contribution in [3.05, 3.63) is 34.9 Å². The summed E-state index contributed by atoms with van der Waals surface area (Å²) < 4.78 is 0. The van der Waals surface area contributed by atoms with E-state index in [4.69, 9.17) is 5.73 Å². The van der Waals surface area contributed by atoms with Gasteiger partial charge in [-0.3, -0.25) is 4.79 Å². The highest BCUT2D eigenvalue weighted by Gasteiger charge is 2.35. The monoisotopic (exact) mass is 260 g/mol. The smallest absolute Gasteiger partial charge is 0.255 e. The number of nitrogens with zero attached hydrogens (tertiary/aromatic N) is 1. The van der Waals surface area contributed by atoms with E-state index < -0.39 is 0 Å². The number of nitrogens with two attached hydrogens (primary N) is 1. The highest BCUT2D eigenvalue weighted by Crippen LogP contribution is 2.40. The first-order valence-electron chi connectivity index (χ1n) is 6.93. The summed E-state index contributed by atoms with van der Waals surface area (Å²) in [6.07, 6.45) is 3.14. The summed E-state index contributed by atoms with van der Waals surface area (Å²) in [6.45, 7) is 0. The Morgan fingerprint density at radius 3 is 2.63 bits per heavy atom. The molecule has 4 nitrogen and oxygen atoms in total. The molecule has 0 spiro atoms. The minimum absolute atomic E-state index is 0.0141. The Bertz CT molecular complexity index is 507. The fourth-order valence-corrected chi connectivity index (χ4v) is 3.35. The number of hydrogen-bond donors (Lipinski definition) is 2. The second-order valence-corrected chi connectivity index (χ2v) is 5.67. The third kappa shape index (κ3) is 1.95. The molecule has 1 amide bonds. The number of aliphatic hydroxyl groups is 1. The Hall–Kier alpha value is -1.39. The fraction of sp³-hybridized carbons (Fsp3) is 0.533. The molecule has 0 aromatic heterocycles. The van der Waals surface area contributed by atoms with E-state index in [1.807, 2.05) is 12.1 Å². The number of rotatable bonds is 1. The molecule has 1 fully saturated rings. The lowest BCUT2D eigenvalue weighted by Crippen LogP contribution is -2.29. The Morgan fingerprint density at radius 2 is 1.95 bits per heavy atom. The third-order valence-electron chi connectivity index (χ3n) is 4.54. The molecule has 1 aromatic rings. The molecular weight excluding hydrogens is 240 g/mol. The van der Waals surface area contributed by atoms with Gasteiger partial charge in [0.15, 0.2) is 0 Å². The van der Waals surface area contributed by atoms with Gasteiger partial charge in [-0.25, -0.2) is 0 Å². The maximum absolute atomic E-state index is 12.1. The topological polar surface area (TPSA) is 66.6 Å². The van der Waals surface area contributed by atoms with Crippen molar-refractivity contribution in [3.63, 3.8) is 0 Å². The van der Waals surface area contributed by atoms with Crippen LogP contribution < -0.4 is 5.73 Å². The Kier molecular flexibility index (Phi) is 3.07. The number of carbonyl (C=O) groups is 1. The Morgan fingerprint density at radius 1 is 1.26 bits per heavy atom. The molecule has 1 heterocycles. The SMILES string of the molecule is CN1C(=O)c2cccc(C3CCC(O)CC3)c2C1N. The van der Waals surface area contributed by atoms with Gasteiger partial charge in [-0.15, -0.1) is 0 Å². The van der Waals surface area contributed by atoms with E-state index in [9.17, 15) is 9.90 Å². The molecule has 19 heavy (non-hydrogen) atoms. The average molecular weight is 260 g/mol. The van der Waals surface area contributed by atoms with Crippen LogP contribution in [0.15, 0.2) is 18.2 Å². The van der Waals surface area contributed by atoms with Crippen molar-refractivity contribution in [1.82, 2.24) is 4.90 Å². The van der Waals surface area contributed by atoms with Gasteiger partial charge in [0.25, 0.3) is 5.91 Å². The lowest BCUT2D eigenvalue weighted by molar-refractivity contribution is 0.0777. The van der Waals surface area contributed by atoms with Gasteiger partial charge >= 0.3 is 0 Å². The summed E-state index contributed by atoms with van der Waals surface area (Å²) in [5.74, 6) is 0.434. The quantitative estimate of drug-likeness (QED) is 0.808. The lowest BCUT2D eigenvalue weighted by Gasteiger charge is -2.28. The van der Waals surface area contributed by atoms with Crippen LogP contribution in [0.1, 0.15) is 59.3 Å². The molecule has 1 saturated carbocycles. The van der Waals surface area contributed by atoms with E-state index in [0.717, 1.165) is 36.8 Å². The molecule has 1 aliphatic heterocycles. The van der Waals surface area contributed by atoms with Crippen molar-refractivity contribution in [1.29, 1.82) is 0 Å². The Balaban J connectivity index is 1.98. The summed E-state index contributed by atoms with van der Waals surface area (Å²) >= 11 is 0. The highest BCUT2D eigenvalue weighted by molar-refractivity contribution is 5.99. The number of benzene rings is 1. The van der Waals surface area contributed by atoms with E-state index in [0.29, 0.717) is 5.92 Å². The van der Waals surface area contributed by atoms with E-state index >= 15 is 0 Å². The molecule has 1 unspecified atom stereocenters. The summed E-state index contributed by atoms with van der Waals surface area (Å²) in [4.78, 5) is 13.7. The van der Waals surface area contributed by atoms with Gasteiger partial charge in [0.05, 0.1) is 6.10 Å². The molecule has 4 heteroatoms. The van der Waals surface area contributed by atoms with Gasteiger partial charge in [-0.2, -0.15) is 0 Å². The van der Waals surface area contributed by atoms with Crippen LogP contribution in [0.25, 0.3) is 0 Å². The van der Waals surface area contributed by atoms with Crippen LogP contribution in [0.3, 0.4) is 0 Å². The second kappa shape index (κ2) is 4.62. The normalized spacial score (nSPS) is 30.6. The summed E-state index contributed by atoms with van der Waals surface area (Å²) in [5, 5.41) is 9.62. The van der Waals surface area contributed by atoms with E-state index in [-0.39, 0.29) is 18.2 Å². The second-order valence-electron chi connectivity index (χ2n) is 5.67. The van der Waals surface area contributed by atoms with E-state index in [1.165, 1.54) is 5.56 Å². The van der Waals surface area contributed by atoms with Crippen LogP contribution in [-0.4, -0.2) is 29.1 Å². The molecule has 0 bridgehead atoms. The lowest BCUT2D eigenvalue weighted by atomic mass is 9.80. The molecule has 102 valence electrons. The summed E-state index contributed by atoms with van der Waals surface area (Å²) in [6, 6.07) is 5.90. The maximum Gasteiger partial charge on any atom is 0.255 e. The van der Waals surface area contributed by atoms with Gasteiger partial charge in [0.2, 0.25) is 0 Å². The summed E-state index contributed by atoms with van der Waals surface area (Å²) in [7, 11) is 1.75. The van der Waals surface area contributed by atoms with Crippen molar-refractivity contribution >= 4 is 5.91 Å². The largest absolute Gasteiger partial charge is 0.393 e. The number of carbonyl (C=O) groups excluding carboxylic acids is 1. The van der Waals surface area contributed by atoms with E-state index in [2.05, 4.69) is 6.07 Å². The van der Waals surface area contributed by atoms with Crippen molar-refractivity contribution in [3.8, 4) is 0 Å². The first-order valence-corrected chi connectivity index (χ1v) is 6.93. The fourth-order valence-electron chi connectivity index (χ4n) is 3.35. The number of fused-ring (bicyclic) bond motifs is 1. The zero-order valence-corrected chi connectivity index (χ0v) is 11.2.